The van der Waals surface area contributed by atoms with E-state index in [2.05, 4.69) is 24.5 Å². The van der Waals surface area contributed by atoms with Crippen LogP contribution in [0.5, 0.6) is 5.75 Å². The number of hydrogen-bond donors (Lipinski definition) is 2. The number of methoxy groups -OCH3 is 1. The highest BCUT2D eigenvalue weighted by Crippen LogP contribution is 2.33. The van der Waals surface area contributed by atoms with Crippen molar-refractivity contribution in [2.75, 3.05) is 30.4 Å². The van der Waals surface area contributed by atoms with Crippen molar-refractivity contribution in [1.82, 2.24) is 5.32 Å². The van der Waals surface area contributed by atoms with Crippen LogP contribution in [0.2, 0.25) is 0 Å². The first kappa shape index (κ1) is 18.1. The first-order valence-corrected chi connectivity index (χ1v) is 8.45. The number of hydrogen-bond acceptors (Lipinski definition) is 4. The first-order valence-electron chi connectivity index (χ1n) is 8.45. The van der Waals surface area contributed by atoms with Crippen LogP contribution >= 0.6 is 0 Å². The Labute approximate surface area is 143 Å². The fourth-order valence-electron chi connectivity index (χ4n) is 2.67. The standard InChI is InChI=1S/C18H27N3O3/c1-12(2)11-19-18(23)13(3)20-14-7-8-15(16(10-14)24-4)21-9-5-6-17(21)22/h7-8,10,12-13,20H,5-6,9,11H2,1-4H3,(H,19,23)/t13-/m0/s1. The third kappa shape index (κ3) is 4.40. The number of nitrogens with one attached hydrogen (secondary N) is 2. The van der Waals surface area contributed by atoms with Gasteiger partial charge in [-0.2, -0.15) is 0 Å². The highest BCUT2D eigenvalue weighted by molar-refractivity contribution is 5.97. The summed E-state index contributed by atoms with van der Waals surface area (Å²) in [6, 6.07) is 5.21. The lowest BCUT2D eigenvalue weighted by Gasteiger charge is -2.21. The van der Waals surface area contributed by atoms with Gasteiger partial charge in [0.15, 0.2) is 0 Å². The second-order valence-corrected chi connectivity index (χ2v) is 6.54. The zero-order chi connectivity index (χ0) is 17.7. The molecule has 0 radical (unpaired) electrons. The highest BCUT2D eigenvalue weighted by atomic mass is 16.5. The summed E-state index contributed by atoms with van der Waals surface area (Å²) in [6.07, 6.45) is 1.45. The molecular weight excluding hydrogens is 306 g/mol. The van der Waals surface area contributed by atoms with Gasteiger partial charge in [0.2, 0.25) is 11.8 Å². The lowest BCUT2D eigenvalue weighted by atomic mass is 10.2. The summed E-state index contributed by atoms with van der Waals surface area (Å²) in [7, 11) is 1.59. The molecule has 24 heavy (non-hydrogen) atoms. The Kier molecular flexibility index (Phi) is 6.06. The molecule has 1 atom stereocenters. The van der Waals surface area contributed by atoms with E-state index in [-0.39, 0.29) is 17.9 Å². The molecule has 0 bridgehead atoms. The number of amides is 2. The van der Waals surface area contributed by atoms with E-state index in [4.69, 9.17) is 4.74 Å². The van der Waals surface area contributed by atoms with Crippen LogP contribution in [-0.4, -0.2) is 38.1 Å². The topological polar surface area (TPSA) is 70.7 Å². The van der Waals surface area contributed by atoms with Gasteiger partial charge in [0, 0.05) is 31.3 Å². The van der Waals surface area contributed by atoms with Gasteiger partial charge in [-0.1, -0.05) is 13.8 Å². The summed E-state index contributed by atoms with van der Waals surface area (Å²) < 4.78 is 5.43. The van der Waals surface area contributed by atoms with Crippen LogP contribution in [-0.2, 0) is 9.59 Å². The third-order valence-corrected chi connectivity index (χ3v) is 4.00. The van der Waals surface area contributed by atoms with Crippen molar-refractivity contribution in [2.45, 2.75) is 39.7 Å². The van der Waals surface area contributed by atoms with Crippen molar-refractivity contribution in [1.29, 1.82) is 0 Å². The monoisotopic (exact) mass is 333 g/mol. The van der Waals surface area contributed by atoms with E-state index < -0.39 is 0 Å². The smallest absolute Gasteiger partial charge is 0.242 e. The molecule has 1 aromatic carbocycles. The van der Waals surface area contributed by atoms with E-state index >= 15 is 0 Å². The van der Waals surface area contributed by atoms with E-state index in [1.54, 1.807) is 12.0 Å². The molecule has 0 aromatic heterocycles. The fraction of sp³-hybridized carbons (Fsp3) is 0.556. The molecular formula is C18H27N3O3. The Bertz CT molecular complexity index is 601. The van der Waals surface area contributed by atoms with Gasteiger partial charge in [-0.25, -0.2) is 0 Å². The van der Waals surface area contributed by atoms with Crippen molar-refractivity contribution >= 4 is 23.2 Å². The van der Waals surface area contributed by atoms with E-state index in [1.165, 1.54) is 0 Å². The predicted octanol–water partition coefficient (Wildman–Crippen LogP) is 2.39. The molecule has 0 unspecified atom stereocenters. The second kappa shape index (κ2) is 8.04. The van der Waals surface area contributed by atoms with Gasteiger partial charge in [-0.15, -0.1) is 0 Å². The van der Waals surface area contributed by atoms with Crippen LogP contribution in [0.25, 0.3) is 0 Å². The molecule has 0 saturated carbocycles. The van der Waals surface area contributed by atoms with Gasteiger partial charge in [0.05, 0.1) is 12.8 Å². The normalized spacial score (nSPS) is 15.5. The Hall–Kier alpha value is -2.24. The summed E-state index contributed by atoms with van der Waals surface area (Å²) in [5.41, 5.74) is 1.57. The summed E-state index contributed by atoms with van der Waals surface area (Å²) in [5, 5.41) is 6.08. The number of rotatable bonds is 7. The molecule has 0 spiro atoms. The maximum Gasteiger partial charge on any atom is 0.242 e. The Morgan fingerprint density at radius 2 is 2.08 bits per heavy atom. The van der Waals surface area contributed by atoms with Gasteiger partial charge in [-0.05, 0) is 31.4 Å². The Morgan fingerprint density at radius 1 is 1.33 bits per heavy atom. The van der Waals surface area contributed by atoms with Crippen molar-refractivity contribution in [3.05, 3.63) is 18.2 Å². The number of carbonyl (C=O) groups excluding carboxylic acids is 2. The Morgan fingerprint density at radius 3 is 2.67 bits per heavy atom. The van der Waals surface area contributed by atoms with Crippen LogP contribution in [0, 0.1) is 5.92 Å². The number of benzene rings is 1. The molecule has 6 heteroatoms. The largest absolute Gasteiger partial charge is 0.494 e. The van der Waals surface area contributed by atoms with Crippen molar-refractivity contribution < 1.29 is 14.3 Å². The molecule has 6 nitrogen and oxygen atoms in total. The van der Waals surface area contributed by atoms with Crippen LogP contribution < -0.4 is 20.3 Å². The lowest BCUT2D eigenvalue weighted by Crippen LogP contribution is -2.39. The molecule has 1 heterocycles. The van der Waals surface area contributed by atoms with E-state index in [9.17, 15) is 9.59 Å². The number of nitrogens with zero attached hydrogens (tertiary/aromatic N) is 1. The van der Waals surface area contributed by atoms with Crippen LogP contribution in [0.1, 0.15) is 33.6 Å². The number of anilines is 2. The molecule has 1 fully saturated rings. The zero-order valence-electron chi connectivity index (χ0n) is 14.9. The van der Waals surface area contributed by atoms with Crippen LogP contribution in [0.15, 0.2) is 18.2 Å². The summed E-state index contributed by atoms with van der Waals surface area (Å²) in [6.45, 7) is 7.31. The van der Waals surface area contributed by atoms with Gasteiger partial charge >= 0.3 is 0 Å². The average molecular weight is 333 g/mol. The highest BCUT2D eigenvalue weighted by Gasteiger charge is 2.24. The average Bonchev–Trinajstić information content (AvgIpc) is 2.98. The zero-order valence-corrected chi connectivity index (χ0v) is 14.9. The fourth-order valence-corrected chi connectivity index (χ4v) is 2.67. The van der Waals surface area contributed by atoms with E-state index in [0.29, 0.717) is 24.6 Å². The van der Waals surface area contributed by atoms with Gasteiger partial charge in [0.1, 0.15) is 11.8 Å². The van der Waals surface area contributed by atoms with E-state index in [1.807, 2.05) is 25.1 Å². The summed E-state index contributed by atoms with van der Waals surface area (Å²) in [5.74, 6) is 1.13. The minimum absolute atomic E-state index is 0.0403. The van der Waals surface area contributed by atoms with Gasteiger partial charge in [0.25, 0.3) is 0 Å². The summed E-state index contributed by atoms with van der Waals surface area (Å²) in [4.78, 5) is 25.7. The molecule has 1 aliphatic rings. The second-order valence-electron chi connectivity index (χ2n) is 6.54. The maximum atomic E-state index is 12.1. The van der Waals surface area contributed by atoms with Crippen molar-refractivity contribution in [2.24, 2.45) is 5.92 Å². The van der Waals surface area contributed by atoms with Gasteiger partial charge < -0.3 is 20.3 Å². The molecule has 1 aromatic rings. The van der Waals surface area contributed by atoms with Crippen molar-refractivity contribution in [3.8, 4) is 5.75 Å². The molecule has 2 N–H and O–H groups in total. The molecule has 1 aliphatic heterocycles. The number of ether oxygens (including phenoxy) is 1. The molecule has 1 saturated heterocycles. The first-order chi connectivity index (χ1) is 11.4. The van der Waals surface area contributed by atoms with Crippen LogP contribution in [0.3, 0.4) is 0 Å². The van der Waals surface area contributed by atoms with Gasteiger partial charge in [-0.3, -0.25) is 9.59 Å². The van der Waals surface area contributed by atoms with E-state index in [0.717, 1.165) is 24.3 Å². The van der Waals surface area contributed by atoms with Crippen molar-refractivity contribution in [3.63, 3.8) is 0 Å². The third-order valence-electron chi connectivity index (χ3n) is 4.00. The lowest BCUT2D eigenvalue weighted by molar-refractivity contribution is -0.121. The predicted molar refractivity (Wildman–Crippen MR) is 95.5 cm³/mol. The molecule has 2 amide bonds. The minimum atomic E-state index is -0.354. The quantitative estimate of drug-likeness (QED) is 0.804. The Balaban J connectivity index is 2.06. The molecule has 2 rings (SSSR count). The maximum absolute atomic E-state index is 12.1. The molecule has 0 aliphatic carbocycles. The molecule has 132 valence electrons. The van der Waals surface area contributed by atoms with Crippen LogP contribution in [0.4, 0.5) is 11.4 Å². The number of carbonyl (C=O) groups is 2. The minimum Gasteiger partial charge on any atom is -0.494 e. The summed E-state index contributed by atoms with van der Waals surface area (Å²) >= 11 is 0. The SMILES string of the molecule is COc1cc(N[C@@H](C)C(=O)NCC(C)C)ccc1N1CCCC1=O.